The fourth-order valence-electron chi connectivity index (χ4n) is 3.46. The summed E-state index contributed by atoms with van der Waals surface area (Å²) >= 11 is 5.91. The predicted octanol–water partition coefficient (Wildman–Crippen LogP) is 3.80. The van der Waals surface area contributed by atoms with Gasteiger partial charge in [-0.25, -0.2) is 8.42 Å². The molecule has 172 valence electrons. The second-order valence-electron chi connectivity index (χ2n) is 7.52. The number of carbonyl (C=O) groups excluding carboxylic acids is 1. The summed E-state index contributed by atoms with van der Waals surface area (Å²) in [6, 6.07) is 20.2. The van der Waals surface area contributed by atoms with Crippen molar-refractivity contribution in [3.63, 3.8) is 0 Å². The molecule has 3 aromatic rings. The van der Waals surface area contributed by atoms with Crippen LogP contribution in [0.3, 0.4) is 0 Å². The average Bonchev–Trinajstić information content (AvgIpc) is 2.81. The minimum Gasteiger partial charge on any atom is -0.492 e. The molecular weight excluding hydrogens is 464 g/mol. The maximum absolute atomic E-state index is 13.3. The zero-order chi connectivity index (χ0) is 23.4. The highest BCUT2D eigenvalue weighted by molar-refractivity contribution is 7.92. The van der Waals surface area contributed by atoms with E-state index in [0.717, 1.165) is 5.56 Å². The minimum absolute atomic E-state index is 0.0781. The van der Waals surface area contributed by atoms with E-state index >= 15 is 0 Å². The Balaban J connectivity index is 1.46. The molecule has 0 spiro atoms. The van der Waals surface area contributed by atoms with Crippen molar-refractivity contribution in [3.05, 3.63) is 83.4 Å². The van der Waals surface area contributed by atoms with Gasteiger partial charge in [0.15, 0.2) is 6.10 Å². The third-order valence-corrected chi connectivity index (χ3v) is 7.13. The molecule has 0 aromatic heterocycles. The number of hydrogen-bond acceptors (Lipinski definition) is 5. The van der Waals surface area contributed by atoms with Gasteiger partial charge in [-0.2, -0.15) is 0 Å². The van der Waals surface area contributed by atoms with Gasteiger partial charge in [0.25, 0.3) is 15.9 Å². The Labute approximate surface area is 197 Å². The number of carbonyl (C=O) groups is 1. The van der Waals surface area contributed by atoms with Crippen molar-refractivity contribution >= 4 is 33.2 Å². The molecule has 1 atom stereocenters. The van der Waals surface area contributed by atoms with E-state index in [4.69, 9.17) is 21.1 Å². The first-order valence-electron chi connectivity index (χ1n) is 10.4. The molecule has 0 aliphatic carbocycles. The number of aryl methyl sites for hydroxylation is 1. The molecule has 1 N–H and O–H groups in total. The largest absolute Gasteiger partial charge is 0.492 e. The van der Waals surface area contributed by atoms with Crippen LogP contribution in [0.15, 0.2) is 77.7 Å². The van der Waals surface area contributed by atoms with E-state index in [1.54, 1.807) is 24.3 Å². The van der Waals surface area contributed by atoms with Crippen LogP contribution < -0.4 is 19.1 Å². The third-order valence-electron chi connectivity index (χ3n) is 5.09. The van der Waals surface area contributed by atoms with Crippen LogP contribution in [-0.4, -0.2) is 40.1 Å². The Bertz CT molecular complexity index is 1250. The van der Waals surface area contributed by atoms with E-state index in [1.165, 1.54) is 28.6 Å². The van der Waals surface area contributed by atoms with Crippen LogP contribution in [0.1, 0.15) is 5.56 Å². The molecule has 1 amide bonds. The number of para-hydroxylation sites is 2. The van der Waals surface area contributed by atoms with Crippen LogP contribution in [0.4, 0.5) is 5.69 Å². The lowest BCUT2D eigenvalue weighted by molar-refractivity contribution is -0.127. The molecule has 7 nitrogen and oxygen atoms in total. The molecule has 0 saturated carbocycles. The lowest BCUT2D eigenvalue weighted by atomic mass is 10.2. The summed E-state index contributed by atoms with van der Waals surface area (Å²) in [5.41, 5.74) is 1.45. The van der Waals surface area contributed by atoms with Crippen molar-refractivity contribution in [2.45, 2.75) is 17.9 Å². The van der Waals surface area contributed by atoms with E-state index in [-0.39, 0.29) is 24.6 Å². The number of nitrogens with zero attached hydrogens (tertiary/aromatic N) is 1. The van der Waals surface area contributed by atoms with Crippen LogP contribution in [0.5, 0.6) is 11.5 Å². The number of sulfonamides is 1. The average molecular weight is 487 g/mol. The molecule has 0 saturated heterocycles. The van der Waals surface area contributed by atoms with Gasteiger partial charge >= 0.3 is 0 Å². The van der Waals surface area contributed by atoms with Gasteiger partial charge in [0.2, 0.25) is 0 Å². The quantitative estimate of drug-likeness (QED) is 0.513. The normalized spacial score (nSPS) is 15.3. The third kappa shape index (κ3) is 5.23. The van der Waals surface area contributed by atoms with Gasteiger partial charge in [0.1, 0.15) is 18.1 Å². The van der Waals surface area contributed by atoms with Crippen molar-refractivity contribution in [2.75, 3.05) is 24.0 Å². The summed E-state index contributed by atoms with van der Waals surface area (Å²) in [6.07, 6.45) is -1.01. The van der Waals surface area contributed by atoms with Gasteiger partial charge < -0.3 is 14.8 Å². The zero-order valence-corrected chi connectivity index (χ0v) is 19.5. The Morgan fingerprint density at radius 1 is 1.12 bits per heavy atom. The highest BCUT2D eigenvalue weighted by Crippen LogP contribution is 2.36. The van der Waals surface area contributed by atoms with Gasteiger partial charge in [-0.15, -0.1) is 0 Å². The Morgan fingerprint density at radius 2 is 1.88 bits per heavy atom. The lowest BCUT2D eigenvalue weighted by Gasteiger charge is -2.34. The summed E-state index contributed by atoms with van der Waals surface area (Å²) in [4.78, 5) is 12.9. The van der Waals surface area contributed by atoms with Crippen molar-refractivity contribution < 1.29 is 22.7 Å². The Hall–Kier alpha value is -3.23. The Morgan fingerprint density at radius 3 is 2.64 bits per heavy atom. The molecule has 4 rings (SSSR count). The molecule has 9 heteroatoms. The maximum Gasteiger partial charge on any atom is 0.264 e. The standard InChI is InChI=1S/C24H23ClN2O5S/c1-17-5-4-6-19(15-17)31-14-13-26-24(28)23-16-27(21-7-2-3-8-22(21)32-23)33(29,30)20-11-9-18(25)10-12-20/h2-12,15,23H,13-14,16H2,1H3,(H,26,28)/t23-/m0/s1. The van der Waals surface area contributed by atoms with E-state index in [2.05, 4.69) is 5.32 Å². The van der Waals surface area contributed by atoms with Crippen molar-refractivity contribution in [2.24, 2.45) is 0 Å². The Kier molecular flexibility index (Phi) is 6.76. The van der Waals surface area contributed by atoms with E-state index in [1.807, 2.05) is 31.2 Å². The molecule has 1 aliphatic heterocycles. The molecule has 0 radical (unpaired) electrons. The summed E-state index contributed by atoms with van der Waals surface area (Å²) < 4.78 is 39.4. The summed E-state index contributed by atoms with van der Waals surface area (Å²) in [7, 11) is -3.93. The van der Waals surface area contributed by atoms with Crippen molar-refractivity contribution in [3.8, 4) is 11.5 Å². The van der Waals surface area contributed by atoms with Crippen molar-refractivity contribution in [1.82, 2.24) is 5.32 Å². The topological polar surface area (TPSA) is 84.9 Å². The minimum atomic E-state index is -3.93. The summed E-state index contributed by atoms with van der Waals surface area (Å²) in [5.74, 6) is 0.610. The van der Waals surface area contributed by atoms with Crippen LogP contribution in [0, 0.1) is 6.92 Å². The highest BCUT2D eigenvalue weighted by atomic mass is 35.5. The fraction of sp³-hybridized carbons (Fsp3) is 0.208. The molecule has 1 heterocycles. The van der Waals surface area contributed by atoms with Crippen LogP contribution in [-0.2, 0) is 14.8 Å². The second-order valence-corrected chi connectivity index (χ2v) is 9.82. The number of hydrogen-bond donors (Lipinski definition) is 1. The van der Waals surface area contributed by atoms with E-state index < -0.39 is 22.0 Å². The second kappa shape index (κ2) is 9.72. The number of ether oxygens (including phenoxy) is 2. The smallest absolute Gasteiger partial charge is 0.264 e. The first-order valence-corrected chi connectivity index (χ1v) is 12.2. The maximum atomic E-state index is 13.3. The van der Waals surface area contributed by atoms with Gasteiger partial charge in [-0.3, -0.25) is 9.10 Å². The summed E-state index contributed by atoms with van der Waals surface area (Å²) in [5, 5.41) is 3.19. The lowest BCUT2D eigenvalue weighted by Crippen LogP contribution is -2.51. The van der Waals surface area contributed by atoms with Crippen molar-refractivity contribution in [1.29, 1.82) is 0 Å². The van der Waals surface area contributed by atoms with Gasteiger partial charge in [0.05, 0.1) is 23.7 Å². The van der Waals surface area contributed by atoms with Crippen LogP contribution >= 0.6 is 11.6 Å². The summed E-state index contributed by atoms with van der Waals surface area (Å²) in [6.45, 7) is 2.33. The first kappa shape index (κ1) is 22.9. The molecule has 0 bridgehead atoms. The van der Waals surface area contributed by atoms with E-state index in [0.29, 0.717) is 22.2 Å². The number of rotatable bonds is 7. The van der Waals surface area contributed by atoms with E-state index in [9.17, 15) is 13.2 Å². The van der Waals surface area contributed by atoms with Crippen LogP contribution in [0.25, 0.3) is 0 Å². The number of halogens is 1. The number of anilines is 1. The molecule has 0 fully saturated rings. The number of benzene rings is 3. The molecular formula is C24H23ClN2O5S. The van der Waals surface area contributed by atoms with Crippen LogP contribution in [0.2, 0.25) is 5.02 Å². The predicted molar refractivity (Wildman–Crippen MR) is 127 cm³/mol. The monoisotopic (exact) mass is 486 g/mol. The highest BCUT2D eigenvalue weighted by Gasteiger charge is 2.37. The molecule has 33 heavy (non-hydrogen) atoms. The number of amides is 1. The zero-order valence-electron chi connectivity index (χ0n) is 17.9. The van der Waals surface area contributed by atoms with Gasteiger partial charge in [0, 0.05) is 5.02 Å². The van der Waals surface area contributed by atoms with Gasteiger partial charge in [-0.1, -0.05) is 35.9 Å². The molecule has 3 aromatic carbocycles. The molecule has 0 unspecified atom stereocenters. The fourth-order valence-corrected chi connectivity index (χ4v) is 5.06. The number of fused-ring (bicyclic) bond motifs is 1. The SMILES string of the molecule is Cc1cccc(OCCNC(=O)[C@@H]2CN(S(=O)(=O)c3ccc(Cl)cc3)c3ccccc3O2)c1. The molecule has 1 aliphatic rings. The first-order chi connectivity index (χ1) is 15.8. The number of nitrogens with one attached hydrogen (secondary N) is 1. The van der Waals surface area contributed by atoms with Gasteiger partial charge in [-0.05, 0) is 61.0 Å².